The second-order valence-corrected chi connectivity index (χ2v) is 31.4. The average Bonchev–Trinajstić information content (AvgIpc) is 1.65. The molecule has 0 fully saturated rings. The predicted octanol–water partition coefficient (Wildman–Crippen LogP) is 31.2. The monoisotopic (exact) mass is 1480 g/mol. The van der Waals surface area contributed by atoms with Gasteiger partial charge in [-0.2, -0.15) is 0 Å². The zero-order valence-electron chi connectivity index (χ0n) is 63.8. The molecule has 0 radical (unpaired) electrons. The Kier molecular flexibility index (Phi) is 15.1. The molecule has 0 unspecified atom stereocenters. The normalized spacial score (nSPS) is 11.9. The van der Waals surface area contributed by atoms with Crippen molar-refractivity contribution in [2.45, 2.75) is 0 Å². The van der Waals surface area contributed by atoms with Crippen LogP contribution >= 0.6 is 0 Å². The molecule has 0 bridgehead atoms. The number of hydrogen-bond acceptors (Lipinski definition) is 0. The van der Waals surface area contributed by atoms with E-state index in [0.29, 0.717) is 0 Å². The average molecular weight is 1480 g/mol. The lowest BCUT2D eigenvalue weighted by molar-refractivity contribution is 1.18. The molecule has 0 saturated carbocycles. The summed E-state index contributed by atoms with van der Waals surface area (Å²) in [7, 11) is 0. The molecule has 3 nitrogen and oxygen atoms in total. The van der Waals surface area contributed by atoms with E-state index in [1.54, 1.807) is 0 Å². The summed E-state index contributed by atoms with van der Waals surface area (Å²) < 4.78 is 7.30. The van der Waals surface area contributed by atoms with Crippen molar-refractivity contribution in [2.75, 3.05) is 0 Å². The molecular weight excluding hydrogens is 1410 g/mol. The highest BCUT2D eigenvalue weighted by molar-refractivity contribution is 6.28. The fourth-order valence-electron chi connectivity index (χ4n) is 19.4. The topological polar surface area (TPSA) is 14.8 Å². The number of fused-ring (bicyclic) bond motifs is 21. The molecule has 21 aromatic carbocycles. The zero-order chi connectivity index (χ0) is 76.8. The minimum absolute atomic E-state index is 1.12. The highest BCUT2D eigenvalue weighted by Crippen LogP contribution is 2.46. The van der Waals surface area contributed by atoms with Crippen molar-refractivity contribution >= 4 is 130 Å². The Bertz CT molecular complexity index is 8180. The Labute approximate surface area is 675 Å². The number of aromatic nitrogens is 3. The number of hydrogen-bond donors (Lipinski definition) is 0. The summed E-state index contributed by atoms with van der Waals surface area (Å²) in [4.78, 5) is 0. The number of para-hydroxylation sites is 4. The van der Waals surface area contributed by atoms with Crippen LogP contribution in [0.4, 0.5) is 0 Å². The molecule has 117 heavy (non-hydrogen) atoms. The van der Waals surface area contributed by atoms with Crippen molar-refractivity contribution in [3.8, 4) is 106 Å². The Morgan fingerprint density at radius 1 is 0.0940 bits per heavy atom. The zero-order valence-corrected chi connectivity index (χ0v) is 63.8. The van der Waals surface area contributed by atoms with Crippen LogP contribution in [0.2, 0.25) is 0 Å². The van der Waals surface area contributed by atoms with Crippen LogP contribution in [0.1, 0.15) is 0 Å². The SMILES string of the molecule is c1ccc(-c2ccc3c4ccc(-c5cccc(-c6cccc(-n7c8ccccc8c8cc(-c9ccc%10c(c9)c9ccccc9n%10-c9cccc(-c%10ccc%11c%12ccc(-c%13cccc(-c%14cccc(-n%15c%16ccccc%16c%16ccccc%16%15)c%14)c%13)cc%12c%12ccccc%12c%11c%10)c9)ccc87)c6)c5)cc4c4ccc(-c5ccccc5)cc4c3c2)cc1. The van der Waals surface area contributed by atoms with Crippen molar-refractivity contribution in [1.29, 1.82) is 0 Å². The maximum atomic E-state index is 2.45. The minimum Gasteiger partial charge on any atom is -0.309 e. The molecule has 0 aliphatic rings. The second kappa shape index (κ2) is 26.6. The fraction of sp³-hybridized carbons (Fsp3) is 0. The van der Waals surface area contributed by atoms with Gasteiger partial charge in [0.05, 0.1) is 33.1 Å². The van der Waals surface area contributed by atoms with Crippen LogP contribution < -0.4 is 0 Å². The van der Waals surface area contributed by atoms with Crippen molar-refractivity contribution < 1.29 is 0 Å². The third-order valence-electron chi connectivity index (χ3n) is 24.9. The molecule has 0 aliphatic heterocycles. The maximum Gasteiger partial charge on any atom is 0.0541 e. The summed E-state index contributed by atoms with van der Waals surface area (Å²) in [6.07, 6.45) is 0. The van der Waals surface area contributed by atoms with Crippen molar-refractivity contribution in [1.82, 2.24) is 13.7 Å². The van der Waals surface area contributed by atoms with Gasteiger partial charge in [-0.25, -0.2) is 0 Å². The first-order chi connectivity index (χ1) is 58.0. The van der Waals surface area contributed by atoms with Gasteiger partial charge in [0.25, 0.3) is 0 Å². The number of benzene rings is 21. The molecule has 0 amide bonds. The van der Waals surface area contributed by atoms with Gasteiger partial charge in [0, 0.05) is 49.4 Å². The molecule has 24 aromatic rings. The fourth-order valence-corrected chi connectivity index (χ4v) is 19.4. The van der Waals surface area contributed by atoms with E-state index >= 15 is 0 Å². The lowest BCUT2D eigenvalue weighted by Crippen LogP contribution is -1.95. The Morgan fingerprint density at radius 3 is 0.598 bits per heavy atom. The summed E-state index contributed by atoms with van der Waals surface area (Å²) in [5.74, 6) is 0. The lowest BCUT2D eigenvalue weighted by atomic mass is 9.89. The van der Waals surface area contributed by atoms with Gasteiger partial charge in [0.15, 0.2) is 0 Å². The van der Waals surface area contributed by atoms with Gasteiger partial charge in [0.2, 0.25) is 0 Å². The van der Waals surface area contributed by atoms with E-state index in [1.807, 2.05) is 0 Å². The van der Waals surface area contributed by atoms with Crippen LogP contribution in [0.25, 0.3) is 236 Å². The van der Waals surface area contributed by atoms with Crippen LogP contribution in [0.3, 0.4) is 0 Å². The minimum atomic E-state index is 1.12. The van der Waals surface area contributed by atoms with Gasteiger partial charge in [-0.3, -0.25) is 0 Å². The summed E-state index contributed by atoms with van der Waals surface area (Å²) >= 11 is 0. The van der Waals surface area contributed by atoms with E-state index in [4.69, 9.17) is 0 Å². The molecule has 0 aliphatic carbocycles. The predicted molar refractivity (Wildman–Crippen MR) is 498 cm³/mol. The molecule has 3 aromatic heterocycles. The summed E-state index contributed by atoms with van der Waals surface area (Å²) in [6.45, 7) is 0. The first kappa shape index (κ1) is 66.2. The van der Waals surface area contributed by atoms with E-state index in [1.165, 1.54) is 214 Å². The van der Waals surface area contributed by atoms with Gasteiger partial charge in [-0.15, -0.1) is 0 Å². The Balaban J connectivity index is 0.537. The van der Waals surface area contributed by atoms with E-state index in [-0.39, 0.29) is 0 Å². The van der Waals surface area contributed by atoms with Crippen molar-refractivity contribution in [2.24, 2.45) is 0 Å². The van der Waals surface area contributed by atoms with Crippen LogP contribution in [-0.2, 0) is 0 Å². The first-order valence-corrected chi connectivity index (χ1v) is 40.5. The van der Waals surface area contributed by atoms with E-state index < -0.39 is 0 Å². The highest BCUT2D eigenvalue weighted by atomic mass is 15.0. The summed E-state index contributed by atoms with van der Waals surface area (Å²) in [5.41, 5.74) is 29.5. The van der Waals surface area contributed by atoms with Crippen molar-refractivity contribution in [3.63, 3.8) is 0 Å². The molecule has 3 heteroatoms. The maximum absolute atomic E-state index is 2.45. The van der Waals surface area contributed by atoms with Crippen molar-refractivity contribution in [3.05, 3.63) is 431 Å². The molecule has 0 saturated heterocycles. The molecule has 0 N–H and O–H groups in total. The largest absolute Gasteiger partial charge is 0.309 e. The number of nitrogens with zero attached hydrogens (tertiary/aromatic N) is 3. The van der Waals surface area contributed by atoms with Crippen LogP contribution in [0.15, 0.2) is 431 Å². The second-order valence-electron chi connectivity index (χ2n) is 31.4. The lowest BCUT2D eigenvalue weighted by Gasteiger charge is -2.15. The first-order valence-electron chi connectivity index (χ1n) is 40.5. The van der Waals surface area contributed by atoms with E-state index in [2.05, 4.69) is 444 Å². The third-order valence-corrected chi connectivity index (χ3v) is 24.9. The molecular formula is C114H71N3. The molecule has 0 atom stereocenters. The molecule has 3 heterocycles. The van der Waals surface area contributed by atoms with Gasteiger partial charge in [-0.1, -0.05) is 303 Å². The van der Waals surface area contributed by atoms with E-state index in [9.17, 15) is 0 Å². The standard InChI is InChI=1S/C114H71N3/c1-3-22-72(23-4-1)81-46-53-96-95-55-49-84(68-104(95)97-57-47-82(66-106(97)105(96)65-81)73-24-5-2-6-25-73)77-29-18-27-75(61-77)79-31-20-34-89(63-79)116-111-44-15-11-40-100(111)107-70-86(51-58-113(107)116)87-52-59-114-108(71-87)101-41-12-16-45-112(101)117(114)90-35-21-32-80(64-90)85-50-56-94-93-54-48-83(67-102(93)91-36-7-8-37-92(91)103(94)69-85)76-28-17-26-74(60-76)78-30-19-33-88(62-78)115-109-42-13-9-38-98(109)99-39-10-14-43-110(99)115/h1-71H. The van der Waals surface area contributed by atoms with Crippen LogP contribution in [-0.4, -0.2) is 13.7 Å². The Morgan fingerprint density at radius 2 is 0.282 bits per heavy atom. The molecule has 24 rings (SSSR count). The molecule has 542 valence electrons. The summed E-state index contributed by atoms with van der Waals surface area (Å²) in [6, 6.07) is 160. The van der Waals surface area contributed by atoms with Gasteiger partial charge in [-0.05, 0) is 281 Å². The van der Waals surface area contributed by atoms with Gasteiger partial charge >= 0.3 is 0 Å². The van der Waals surface area contributed by atoms with Gasteiger partial charge < -0.3 is 13.7 Å². The van der Waals surface area contributed by atoms with Gasteiger partial charge in [0.1, 0.15) is 0 Å². The van der Waals surface area contributed by atoms with Crippen LogP contribution in [0, 0.1) is 0 Å². The highest BCUT2D eigenvalue weighted by Gasteiger charge is 2.22. The Hall–Kier alpha value is -15.4. The van der Waals surface area contributed by atoms with E-state index in [0.717, 1.165) is 22.6 Å². The smallest absolute Gasteiger partial charge is 0.0541 e. The summed E-state index contributed by atoms with van der Waals surface area (Å²) in [5, 5.41) is 22.4. The quantitative estimate of drug-likeness (QED) is 0.115. The molecule has 0 spiro atoms. The van der Waals surface area contributed by atoms with Crippen LogP contribution in [0.5, 0.6) is 0 Å². The number of rotatable bonds is 11. The third kappa shape index (κ3) is 10.8.